The molecular weight excluding hydrogens is 207 g/mol. The zero-order chi connectivity index (χ0) is 8.91. The van der Waals surface area contributed by atoms with Crippen LogP contribution >= 0.6 is 23.2 Å². The van der Waals surface area contributed by atoms with Gasteiger partial charge >= 0.3 is 0 Å². The van der Waals surface area contributed by atoms with Gasteiger partial charge < -0.3 is 0 Å². The topological polar surface area (TPSA) is 34.1 Å². The number of alkyl halides is 2. The predicted molar refractivity (Wildman–Crippen MR) is 49.3 cm³/mol. The molecule has 2 nitrogen and oxygen atoms in total. The third-order valence-corrected chi connectivity index (χ3v) is 3.99. The van der Waals surface area contributed by atoms with Gasteiger partial charge in [0.15, 0.2) is 0 Å². The molecule has 0 spiro atoms. The van der Waals surface area contributed by atoms with E-state index in [1.807, 2.05) is 0 Å². The van der Waals surface area contributed by atoms with Gasteiger partial charge in [-0.25, -0.2) is 8.42 Å². The van der Waals surface area contributed by atoms with Gasteiger partial charge in [-0.05, 0) is 6.42 Å². The van der Waals surface area contributed by atoms with Crippen molar-refractivity contribution in [3.8, 4) is 0 Å². The number of hydrogen-bond acceptors (Lipinski definition) is 2. The van der Waals surface area contributed by atoms with Crippen LogP contribution in [-0.2, 0) is 9.84 Å². The van der Waals surface area contributed by atoms with Gasteiger partial charge in [-0.2, -0.15) is 0 Å². The van der Waals surface area contributed by atoms with Gasteiger partial charge in [0.05, 0.1) is 5.75 Å². The molecule has 0 aliphatic carbocycles. The quantitative estimate of drug-likeness (QED) is 0.659. The maximum Gasteiger partial charge on any atom is 0.150 e. The summed E-state index contributed by atoms with van der Waals surface area (Å²) in [7, 11) is -2.87. The van der Waals surface area contributed by atoms with E-state index in [1.165, 1.54) is 0 Å². The molecule has 0 aliphatic heterocycles. The van der Waals surface area contributed by atoms with Crippen LogP contribution in [0.2, 0.25) is 0 Å². The summed E-state index contributed by atoms with van der Waals surface area (Å²) in [5, 5.41) is -0.224. The van der Waals surface area contributed by atoms with E-state index in [2.05, 4.69) is 0 Å². The summed E-state index contributed by atoms with van der Waals surface area (Å²) in [6.45, 7) is 1.62. The minimum Gasteiger partial charge on any atom is -0.229 e. The highest BCUT2D eigenvalue weighted by Crippen LogP contribution is 2.06. The van der Waals surface area contributed by atoms with Gasteiger partial charge in [-0.3, -0.25) is 0 Å². The smallest absolute Gasteiger partial charge is 0.150 e. The Bertz CT molecular complexity index is 189. The first kappa shape index (κ1) is 11.5. The highest BCUT2D eigenvalue weighted by molar-refractivity contribution is 7.91. The Morgan fingerprint density at radius 2 is 2.00 bits per heavy atom. The molecule has 1 unspecified atom stereocenters. The van der Waals surface area contributed by atoms with Crippen LogP contribution in [0.25, 0.3) is 0 Å². The van der Waals surface area contributed by atoms with Crippen LogP contribution in [0.5, 0.6) is 0 Å². The lowest BCUT2D eigenvalue weighted by Crippen LogP contribution is -2.13. The van der Waals surface area contributed by atoms with E-state index in [4.69, 9.17) is 23.2 Å². The molecule has 0 aromatic heterocycles. The highest BCUT2D eigenvalue weighted by atomic mass is 35.5. The first-order chi connectivity index (χ1) is 5.02. The molecule has 0 fully saturated rings. The summed E-state index contributed by atoms with van der Waals surface area (Å²) in [6, 6.07) is 0. The van der Waals surface area contributed by atoms with Crippen LogP contribution < -0.4 is 0 Å². The molecule has 0 aliphatic rings. The monoisotopic (exact) mass is 218 g/mol. The van der Waals surface area contributed by atoms with Crippen molar-refractivity contribution in [3.05, 3.63) is 0 Å². The van der Waals surface area contributed by atoms with Crippen LogP contribution in [-0.4, -0.2) is 31.2 Å². The fourth-order valence-corrected chi connectivity index (χ4v) is 1.85. The number of halogens is 2. The summed E-state index contributed by atoms with van der Waals surface area (Å²) in [6.07, 6.45) is 0.446. The minimum absolute atomic E-state index is 0.143. The molecule has 1 atom stereocenters. The van der Waals surface area contributed by atoms with E-state index in [0.717, 1.165) is 0 Å². The van der Waals surface area contributed by atoms with E-state index in [9.17, 15) is 8.42 Å². The van der Waals surface area contributed by atoms with E-state index in [0.29, 0.717) is 12.3 Å². The molecule has 5 heteroatoms. The highest BCUT2D eigenvalue weighted by Gasteiger charge is 2.10. The Hall–Kier alpha value is 0.530. The summed E-state index contributed by atoms with van der Waals surface area (Å²) in [4.78, 5) is 0. The number of sulfone groups is 1. The number of rotatable bonds is 5. The Morgan fingerprint density at radius 1 is 1.45 bits per heavy atom. The van der Waals surface area contributed by atoms with Gasteiger partial charge in [-0.1, -0.05) is 6.92 Å². The maximum absolute atomic E-state index is 10.9. The molecule has 0 rings (SSSR count). The van der Waals surface area contributed by atoms with Crippen molar-refractivity contribution in [1.82, 2.24) is 0 Å². The van der Waals surface area contributed by atoms with Crippen molar-refractivity contribution in [3.63, 3.8) is 0 Å². The molecule has 0 heterocycles. The fourth-order valence-electron chi connectivity index (χ4n) is 0.529. The van der Waals surface area contributed by atoms with Gasteiger partial charge in [0.25, 0.3) is 0 Å². The fraction of sp³-hybridized carbons (Fsp3) is 1.00. The Balaban J connectivity index is 3.71. The molecule has 11 heavy (non-hydrogen) atoms. The van der Waals surface area contributed by atoms with E-state index in [-0.39, 0.29) is 16.9 Å². The predicted octanol–water partition coefficient (Wildman–Crippen LogP) is 1.66. The molecule has 0 bridgehead atoms. The zero-order valence-electron chi connectivity index (χ0n) is 6.39. The third-order valence-electron chi connectivity index (χ3n) is 1.35. The molecular formula is C6H12Cl2O2S. The normalized spacial score (nSPS) is 14.8. The van der Waals surface area contributed by atoms with Crippen LogP contribution in [0, 0.1) is 0 Å². The molecule has 0 N–H and O–H groups in total. The zero-order valence-corrected chi connectivity index (χ0v) is 8.71. The molecule has 0 saturated carbocycles. The first-order valence-electron chi connectivity index (χ1n) is 3.42. The van der Waals surface area contributed by atoms with Gasteiger partial charge in [0.2, 0.25) is 0 Å². The molecule has 0 aromatic carbocycles. The maximum atomic E-state index is 10.9. The van der Waals surface area contributed by atoms with E-state index < -0.39 is 9.84 Å². The lowest BCUT2D eigenvalue weighted by molar-refractivity contribution is 0.594. The lowest BCUT2D eigenvalue weighted by Gasteiger charge is -2.03. The van der Waals surface area contributed by atoms with Crippen molar-refractivity contribution in [2.75, 3.05) is 17.4 Å². The Labute approximate surface area is 77.8 Å². The van der Waals surface area contributed by atoms with Crippen LogP contribution in [0.15, 0.2) is 0 Å². The summed E-state index contributed by atoms with van der Waals surface area (Å²) >= 11 is 11.0. The van der Waals surface area contributed by atoms with E-state index in [1.54, 1.807) is 6.92 Å². The average molecular weight is 219 g/mol. The first-order valence-corrected chi connectivity index (χ1v) is 6.21. The van der Waals surface area contributed by atoms with Crippen LogP contribution in [0.4, 0.5) is 0 Å². The Morgan fingerprint density at radius 3 is 2.36 bits per heavy atom. The summed E-state index contributed by atoms with van der Waals surface area (Å²) < 4.78 is 21.8. The second-order valence-electron chi connectivity index (χ2n) is 2.28. The second kappa shape index (κ2) is 5.22. The summed E-state index contributed by atoms with van der Waals surface area (Å²) in [5.41, 5.74) is 0. The largest absolute Gasteiger partial charge is 0.229 e. The van der Waals surface area contributed by atoms with Gasteiger partial charge in [0.1, 0.15) is 9.84 Å². The second-order valence-corrected chi connectivity index (χ2v) is 5.68. The lowest BCUT2D eigenvalue weighted by atomic mass is 10.4. The average Bonchev–Trinajstić information content (AvgIpc) is 2.00. The van der Waals surface area contributed by atoms with E-state index >= 15 is 0 Å². The van der Waals surface area contributed by atoms with Crippen molar-refractivity contribution in [1.29, 1.82) is 0 Å². The van der Waals surface area contributed by atoms with Gasteiger partial charge in [-0.15, -0.1) is 23.2 Å². The van der Waals surface area contributed by atoms with Gasteiger partial charge in [0, 0.05) is 17.0 Å². The SMILES string of the molecule is CCS(=O)(=O)CCC(Cl)CCl. The third kappa shape index (κ3) is 5.76. The minimum atomic E-state index is -2.87. The van der Waals surface area contributed by atoms with Crippen LogP contribution in [0.1, 0.15) is 13.3 Å². The molecule has 0 aromatic rings. The van der Waals surface area contributed by atoms with Crippen molar-refractivity contribution in [2.24, 2.45) is 0 Å². The molecule has 0 radical (unpaired) electrons. The molecule has 0 amide bonds. The van der Waals surface area contributed by atoms with Crippen molar-refractivity contribution >= 4 is 33.0 Å². The standard InChI is InChI=1S/C6H12Cl2O2S/c1-2-11(9,10)4-3-6(8)5-7/h6H,2-5H2,1H3. The number of hydrogen-bond donors (Lipinski definition) is 0. The van der Waals surface area contributed by atoms with Crippen LogP contribution in [0.3, 0.4) is 0 Å². The Kier molecular flexibility index (Phi) is 5.48. The van der Waals surface area contributed by atoms with Crippen molar-refractivity contribution in [2.45, 2.75) is 18.7 Å². The summed E-state index contributed by atoms with van der Waals surface area (Å²) in [5.74, 6) is 0.629. The molecule has 68 valence electrons. The van der Waals surface area contributed by atoms with Crippen molar-refractivity contribution < 1.29 is 8.42 Å². The molecule has 0 saturated heterocycles.